The van der Waals surface area contributed by atoms with E-state index in [4.69, 9.17) is 9.72 Å². The van der Waals surface area contributed by atoms with Crippen LogP contribution >= 0.6 is 11.8 Å². The van der Waals surface area contributed by atoms with E-state index in [2.05, 4.69) is 20.3 Å². The molecule has 0 unspecified atom stereocenters. The lowest BCUT2D eigenvalue weighted by Gasteiger charge is -2.28. The smallest absolute Gasteiger partial charge is 0.223 e. The van der Waals surface area contributed by atoms with Crippen molar-refractivity contribution in [2.45, 2.75) is 37.4 Å². The van der Waals surface area contributed by atoms with Gasteiger partial charge in [-0.05, 0) is 19.1 Å². The van der Waals surface area contributed by atoms with Gasteiger partial charge in [-0.15, -0.1) is 0 Å². The van der Waals surface area contributed by atoms with Gasteiger partial charge in [0.25, 0.3) is 0 Å². The maximum absolute atomic E-state index is 12.2. The minimum absolute atomic E-state index is 0.178. The van der Waals surface area contributed by atoms with Crippen molar-refractivity contribution in [1.82, 2.24) is 25.1 Å². The molecular weight excluding hydrogens is 364 g/mol. The molecule has 2 aromatic rings. The van der Waals surface area contributed by atoms with Crippen LogP contribution < -0.4 is 10.2 Å². The van der Waals surface area contributed by atoms with Crippen LogP contribution in [0.25, 0.3) is 11.0 Å². The Labute approximate surface area is 163 Å². The minimum Gasteiger partial charge on any atom is -0.378 e. The number of carbonyl (C=O) groups excluding carboxylic acids is 1. The number of morpholine rings is 1. The van der Waals surface area contributed by atoms with Crippen LogP contribution in [0.5, 0.6) is 0 Å². The molecule has 1 N–H and O–H groups in total. The van der Waals surface area contributed by atoms with Crippen LogP contribution in [0, 0.1) is 5.92 Å². The molecule has 0 atom stereocenters. The lowest BCUT2D eigenvalue weighted by atomic mass is 10.1. The zero-order valence-corrected chi connectivity index (χ0v) is 16.5. The molecule has 0 spiro atoms. The Hall–Kier alpha value is -1.87. The van der Waals surface area contributed by atoms with Crippen LogP contribution in [0.1, 0.15) is 25.7 Å². The number of hydrogen-bond acceptors (Lipinski definition) is 7. The number of rotatable bonds is 6. The maximum atomic E-state index is 12.2. The molecule has 2 aliphatic rings. The average Bonchev–Trinajstić information content (AvgIpc) is 3.38. The first-order chi connectivity index (χ1) is 13.3. The van der Waals surface area contributed by atoms with Crippen molar-refractivity contribution < 1.29 is 9.53 Å². The van der Waals surface area contributed by atoms with Crippen LogP contribution in [-0.2, 0) is 16.1 Å². The zero-order valence-electron chi connectivity index (χ0n) is 15.7. The van der Waals surface area contributed by atoms with Crippen LogP contribution in [0.4, 0.5) is 5.82 Å². The second-order valence-electron chi connectivity index (χ2n) is 7.01. The average molecular weight is 391 g/mol. The number of hydrogen-bond donors (Lipinski definition) is 1. The van der Waals surface area contributed by atoms with E-state index in [1.165, 1.54) is 24.6 Å². The lowest BCUT2D eigenvalue weighted by molar-refractivity contribution is -0.124. The molecule has 2 fully saturated rings. The first-order valence-corrected chi connectivity index (χ1v) is 10.9. The highest BCUT2D eigenvalue weighted by atomic mass is 32.2. The number of aromatic nitrogens is 4. The maximum Gasteiger partial charge on any atom is 0.223 e. The fourth-order valence-electron chi connectivity index (χ4n) is 3.81. The number of nitrogens with zero attached hydrogens (tertiary/aromatic N) is 5. The summed E-state index contributed by atoms with van der Waals surface area (Å²) < 4.78 is 7.33. The van der Waals surface area contributed by atoms with Gasteiger partial charge in [0, 0.05) is 25.6 Å². The van der Waals surface area contributed by atoms with Gasteiger partial charge in [0.1, 0.15) is 5.82 Å². The zero-order chi connectivity index (χ0) is 18.6. The van der Waals surface area contributed by atoms with Crippen molar-refractivity contribution in [2.24, 2.45) is 5.92 Å². The molecule has 27 heavy (non-hydrogen) atoms. The number of amides is 1. The Kier molecular flexibility index (Phi) is 5.77. The predicted molar refractivity (Wildman–Crippen MR) is 105 cm³/mol. The minimum atomic E-state index is 0.178. The molecule has 1 amide bonds. The Bertz CT molecular complexity index is 798. The van der Waals surface area contributed by atoms with E-state index < -0.39 is 0 Å². The van der Waals surface area contributed by atoms with Crippen molar-refractivity contribution in [1.29, 1.82) is 0 Å². The summed E-state index contributed by atoms with van der Waals surface area (Å²) in [6.45, 7) is 4.24. The van der Waals surface area contributed by atoms with Gasteiger partial charge in [-0.1, -0.05) is 24.6 Å². The van der Waals surface area contributed by atoms with Crippen LogP contribution in [0.15, 0.2) is 11.4 Å². The summed E-state index contributed by atoms with van der Waals surface area (Å²) in [5.74, 6) is 1.30. The standard InChI is InChI=1S/C18H26N6O2S/c1-27-18-21-15(23-8-10-26-11-9-23)14-12-20-24(16(14)22-18)7-6-19-17(25)13-4-2-3-5-13/h12-13H,2-11H2,1H3,(H,19,25). The molecule has 4 rings (SSSR count). The van der Waals surface area contributed by atoms with E-state index in [1.54, 1.807) is 0 Å². The molecule has 0 bridgehead atoms. The van der Waals surface area contributed by atoms with E-state index in [-0.39, 0.29) is 11.8 Å². The molecule has 146 valence electrons. The first-order valence-electron chi connectivity index (χ1n) is 9.64. The number of anilines is 1. The van der Waals surface area contributed by atoms with E-state index in [9.17, 15) is 4.79 Å². The highest BCUT2D eigenvalue weighted by Crippen LogP contribution is 2.27. The highest BCUT2D eigenvalue weighted by Gasteiger charge is 2.23. The third-order valence-corrected chi connectivity index (χ3v) is 5.85. The summed E-state index contributed by atoms with van der Waals surface area (Å²) in [7, 11) is 0. The van der Waals surface area contributed by atoms with Gasteiger partial charge in [-0.3, -0.25) is 4.79 Å². The molecule has 1 aliphatic carbocycles. The SMILES string of the molecule is CSc1nc(N2CCOCC2)c2cnn(CCNC(=O)C3CCCC3)c2n1. The number of fused-ring (bicyclic) bond motifs is 1. The Morgan fingerprint density at radius 2 is 2.07 bits per heavy atom. The summed E-state index contributed by atoms with van der Waals surface area (Å²) in [5.41, 5.74) is 0.825. The van der Waals surface area contributed by atoms with Crippen molar-refractivity contribution in [2.75, 3.05) is 44.0 Å². The van der Waals surface area contributed by atoms with Gasteiger partial charge in [0.05, 0.1) is 31.3 Å². The van der Waals surface area contributed by atoms with Crippen LogP contribution in [-0.4, -0.2) is 64.8 Å². The Morgan fingerprint density at radius 3 is 2.81 bits per heavy atom. The van der Waals surface area contributed by atoms with Crippen molar-refractivity contribution in [3.05, 3.63) is 6.20 Å². The Morgan fingerprint density at radius 1 is 1.30 bits per heavy atom. The van der Waals surface area contributed by atoms with Crippen molar-refractivity contribution in [3.63, 3.8) is 0 Å². The predicted octanol–water partition coefficient (Wildman–Crippen LogP) is 1.69. The number of carbonyl (C=O) groups is 1. The van der Waals surface area contributed by atoms with E-state index in [0.29, 0.717) is 26.3 Å². The molecule has 1 saturated heterocycles. The second kappa shape index (κ2) is 8.43. The van der Waals surface area contributed by atoms with Crippen molar-refractivity contribution in [3.8, 4) is 0 Å². The molecule has 0 aromatic carbocycles. The highest BCUT2D eigenvalue weighted by molar-refractivity contribution is 7.98. The molecule has 3 heterocycles. The monoisotopic (exact) mass is 390 g/mol. The lowest BCUT2D eigenvalue weighted by Crippen LogP contribution is -2.37. The van der Waals surface area contributed by atoms with Gasteiger partial charge >= 0.3 is 0 Å². The van der Waals surface area contributed by atoms with Crippen LogP contribution in [0.2, 0.25) is 0 Å². The quantitative estimate of drug-likeness (QED) is 0.593. The third-order valence-electron chi connectivity index (χ3n) is 5.30. The second-order valence-corrected chi connectivity index (χ2v) is 7.78. The fourth-order valence-corrected chi connectivity index (χ4v) is 4.16. The van der Waals surface area contributed by atoms with Gasteiger partial charge in [-0.25, -0.2) is 14.6 Å². The van der Waals surface area contributed by atoms with Gasteiger partial charge in [0.2, 0.25) is 5.91 Å². The van der Waals surface area contributed by atoms with E-state index in [1.807, 2.05) is 17.1 Å². The molecule has 0 radical (unpaired) electrons. The fraction of sp³-hybridized carbons (Fsp3) is 0.667. The summed E-state index contributed by atoms with van der Waals surface area (Å²) in [6.07, 6.45) is 8.19. The summed E-state index contributed by atoms with van der Waals surface area (Å²) in [4.78, 5) is 23.8. The van der Waals surface area contributed by atoms with Crippen LogP contribution in [0.3, 0.4) is 0 Å². The molecule has 9 heteroatoms. The largest absolute Gasteiger partial charge is 0.378 e. The summed E-state index contributed by atoms with van der Waals surface area (Å²) >= 11 is 1.53. The van der Waals surface area contributed by atoms with E-state index in [0.717, 1.165) is 47.9 Å². The van der Waals surface area contributed by atoms with Gasteiger partial charge < -0.3 is 15.0 Å². The number of ether oxygens (including phenoxy) is 1. The summed E-state index contributed by atoms with van der Waals surface area (Å²) in [6, 6.07) is 0. The van der Waals surface area contributed by atoms with Gasteiger partial charge in [-0.2, -0.15) is 5.10 Å². The molecule has 1 saturated carbocycles. The van der Waals surface area contributed by atoms with E-state index >= 15 is 0 Å². The molecule has 1 aliphatic heterocycles. The first kappa shape index (κ1) is 18.5. The number of thioether (sulfide) groups is 1. The van der Waals surface area contributed by atoms with Crippen molar-refractivity contribution >= 4 is 34.5 Å². The molecular formula is C18H26N6O2S. The summed E-state index contributed by atoms with van der Waals surface area (Å²) in [5, 5.41) is 9.27. The normalized spacial score (nSPS) is 18.3. The molecule has 8 nitrogen and oxygen atoms in total. The number of nitrogens with one attached hydrogen (secondary N) is 1. The topological polar surface area (TPSA) is 85.2 Å². The third kappa shape index (κ3) is 4.03. The molecule has 2 aromatic heterocycles. The van der Waals surface area contributed by atoms with Gasteiger partial charge in [0.15, 0.2) is 10.8 Å². The Balaban J connectivity index is 1.50.